The predicted molar refractivity (Wildman–Crippen MR) is 346 cm³/mol. The summed E-state index contributed by atoms with van der Waals surface area (Å²) in [6, 6.07) is 73.8. The van der Waals surface area contributed by atoms with Crippen molar-refractivity contribution in [1.29, 1.82) is 0 Å². The van der Waals surface area contributed by atoms with Crippen molar-refractivity contribution in [1.82, 2.24) is 0 Å². The summed E-state index contributed by atoms with van der Waals surface area (Å²) >= 11 is 0. The topological polar surface area (TPSA) is 0 Å². The number of benzene rings is 10. The highest BCUT2D eigenvalue weighted by Gasteiger charge is 2.08. The van der Waals surface area contributed by atoms with Crippen molar-refractivity contribution in [2.24, 2.45) is 0 Å². The highest BCUT2D eigenvalue weighted by molar-refractivity contribution is 5.74. The molecular formula is C78H88. The molecule has 0 spiro atoms. The van der Waals surface area contributed by atoms with E-state index in [0.29, 0.717) is 0 Å². The Morgan fingerprint density at radius 1 is 0.167 bits per heavy atom. The lowest BCUT2D eigenvalue weighted by Crippen LogP contribution is -1.89. The fraction of sp³-hybridized carbons (Fsp3) is 0.231. The third kappa shape index (κ3) is 19.0. The lowest BCUT2D eigenvalue weighted by molar-refractivity contribution is 1.27. The molecule has 0 fully saturated rings. The van der Waals surface area contributed by atoms with Crippen LogP contribution in [-0.4, -0.2) is 0 Å². The summed E-state index contributed by atoms with van der Waals surface area (Å²) in [6.45, 7) is 38.6. The van der Waals surface area contributed by atoms with Crippen molar-refractivity contribution in [3.63, 3.8) is 0 Å². The molecule has 400 valence electrons. The summed E-state index contributed by atoms with van der Waals surface area (Å²) < 4.78 is 0. The van der Waals surface area contributed by atoms with Crippen LogP contribution in [-0.2, 0) is 0 Å². The van der Waals surface area contributed by atoms with Crippen LogP contribution in [0, 0.1) is 125 Å². The maximum atomic E-state index is 2.24. The van der Waals surface area contributed by atoms with E-state index in [2.05, 4.69) is 331 Å². The van der Waals surface area contributed by atoms with Gasteiger partial charge in [0.25, 0.3) is 0 Å². The van der Waals surface area contributed by atoms with E-state index in [9.17, 15) is 0 Å². The Bertz CT molecular complexity index is 3350. The second-order valence-corrected chi connectivity index (χ2v) is 21.9. The average Bonchev–Trinajstić information content (AvgIpc) is 3.42. The van der Waals surface area contributed by atoms with Crippen molar-refractivity contribution in [2.45, 2.75) is 125 Å². The predicted octanol–water partition coefficient (Wildman–Crippen LogP) is 22.3. The van der Waals surface area contributed by atoms with E-state index in [1.165, 1.54) is 145 Å². The van der Waals surface area contributed by atoms with Crippen LogP contribution in [0.3, 0.4) is 0 Å². The van der Waals surface area contributed by atoms with Crippen molar-refractivity contribution < 1.29 is 0 Å². The van der Waals surface area contributed by atoms with Crippen LogP contribution in [0.4, 0.5) is 0 Å². The first kappa shape index (κ1) is 61.1. The van der Waals surface area contributed by atoms with Gasteiger partial charge in [-0.05, 0) is 214 Å². The summed E-state index contributed by atoms with van der Waals surface area (Å²) in [5, 5.41) is 0. The van der Waals surface area contributed by atoms with E-state index in [1.54, 1.807) is 0 Å². The van der Waals surface area contributed by atoms with E-state index < -0.39 is 0 Å². The van der Waals surface area contributed by atoms with Gasteiger partial charge < -0.3 is 0 Å². The Morgan fingerprint density at radius 2 is 0.474 bits per heavy atom. The minimum Gasteiger partial charge on any atom is -0.0620 e. The van der Waals surface area contributed by atoms with Crippen molar-refractivity contribution >= 4 is 0 Å². The number of hydrogen-bond donors (Lipinski definition) is 0. The molecule has 0 aliphatic carbocycles. The summed E-state index contributed by atoms with van der Waals surface area (Å²) in [6.07, 6.45) is 0. The number of aryl methyl sites for hydroxylation is 17. The molecule has 0 heteroatoms. The Balaban J connectivity index is 0.000000174. The van der Waals surface area contributed by atoms with Gasteiger partial charge in [0.05, 0.1) is 0 Å². The molecule has 0 aliphatic heterocycles. The molecule has 0 atom stereocenters. The normalized spacial score (nSPS) is 10.2. The van der Waals surface area contributed by atoms with Crippen molar-refractivity contribution in [3.05, 3.63) is 306 Å². The van der Waals surface area contributed by atoms with Crippen LogP contribution in [0.1, 0.15) is 100 Å². The molecule has 10 aromatic carbocycles. The van der Waals surface area contributed by atoms with Gasteiger partial charge in [0, 0.05) is 0 Å². The molecule has 10 aromatic rings. The second-order valence-electron chi connectivity index (χ2n) is 21.9. The van der Waals surface area contributed by atoms with Gasteiger partial charge in [0.1, 0.15) is 0 Å². The van der Waals surface area contributed by atoms with Gasteiger partial charge in [-0.25, -0.2) is 0 Å². The molecule has 0 unspecified atom stereocenters. The highest BCUT2D eigenvalue weighted by atomic mass is 14.1. The Hall–Kier alpha value is -7.80. The molecule has 10 rings (SSSR count). The lowest BCUT2D eigenvalue weighted by Gasteiger charge is -2.12. The van der Waals surface area contributed by atoms with Crippen LogP contribution >= 0.6 is 0 Å². The fourth-order valence-electron chi connectivity index (χ4n) is 10.0. The summed E-state index contributed by atoms with van der Waals surface area (Å²) in [5.41, 5.74) is 34.9. The maximum Gasteiger partial charge on any atom is -0.0123 e. The highest BCUT2D eigenvalue weighted by Crippen LogP contribution is 2.30. The van der Waals surface area contributed by atoms with E-state index in [-0.39, 0.29) is 0 Å². The standard InChI is InChI=1S/4C15H16.2C9H12/c1-11-4-6-14(7-5-11)15-9-12(2)8-13(3)10-15;1-11-7-4-5-10-14(11)15-12(2)8-6-9-13(15)3;1-11-5-4-6-14(8-11)15-9-12(2)7-13(3)10-15;1-11-7-9-14(10-8-11)15-12(2)5-4-6-13(15)3;1-7-4-8(2)6-9(3)5-7;1-7-5-4-6-8(2)9(7)3/h4*4-10H,1-3H3;2*4-6H,1-3H3. The SMILES string of the molecule is Cc1cc(C)cc(C)c1.Cc1ccc(-c2c(C)cccc2C)cc1.Cc1ccc(-c2cc(C)cc(C)c2)cc1.Cc1cccc(-c2cc(C)cc(C)c2)c1.Cc1cccc(C)c1C.Cc1ccccc1-c1c(C)cccc1C. The molecule has 0 bridgehead atoms. The lowest BCUT2D eigenvalue weighted by atomic mass is 9.93. The third-order valence-electron chi connectivity index (χ3n) is 14.1. The van der Waals surface area contributed by atoms with Gasteiger partial charge in [-0.1, -0.05) is 262 Å². The summed E-state index contributed by atoms with van der Waals surface area (Å²) in [7, 11) is 0. The van der Waals surface area contributed by atoms with E-state index in [4.69, 9.17) is 0 Å². The molecular weight excluding hydrogens is 937 g/mol. The van der Waals surface area contributed by atoms with E-state index in [0.717, 1.165) is 0 Å². The zero-order chi connectivity index (χ0) is 57.1. The zero-order valence-corrected chi connectivity index (χ0v) is 50.6. The molecule has 0 N–H and O–H groups in total. The first-order valence-electron chi connectivity index (χ1n) is 27.7. The van der Waals surface area contributed by atoms with Crippen LogP contribution in [0.15, 0.2) is 206 Å². The van der Waals surface area contributed by atoms with Gasteiger partial charge in [-0.2, -0.15) is 0 Å². The van der Waals surface area contributed by atoms with Gasteiger partial charge >= 0.3 is 0 Å². The molecule has 78 heavy (non-hydrogen) atoms. The van der Waals surface area contributed by atoms with Gasteiger partial charge in [-0.15, -0.1) is 0 Å². The van der Waals surface area contributed by atoms with Crippen LogP contribution in [0.5, 0.6) is 0 Å². The average molecular weight is 1030 g/mol. The van der Waals surface area contributed by atoms with E-state index >= 15 is 0 Å². The molecule has 0 aliphatic rings. The molecule has 0 saturated heterocycles. The van der Waals surface area contributed by atoms with Gasteiger partial charge in [0.15, 0.2) is 0 Å². The fourth-order valence-corrected chi connectivity index (χ4v) is 10.0. The van der Waals surface area contributed by atoms with Crippen LogP contribution in [0.25, 0.3) is 44.5 Å². The summed E-state index contributed by atoms with van der Waals surface area (Å²) in [4.78, 5) is 0. The third-order valence-corrected chi connectivity index (χ3v) is 14.1. The Morgan fingerprint density at radius 3 is 0.859 bits per heavy atom. The van der Waals surface area contributed by atoms with Crippen LogP contribution in [0.2, 0.25) is 0 Å². The molecule has 0 nitrogen and oxygen atoms in total. The second kappa shape index (κ2) is 29.6. The Kier molecular flexibility index (Phi) is 23.2. The van der Waals surface area contributed by atoms with E-state index in [1.807, 2.05) is 0 Å². The first-order chi connectivity index (χ1) is 37.1. The monoisotopic (exact) mass is 1020 g/mol. The molecule has 0 aromatic heterocycles. The first-order valence-corrected chi connectivity index (χ1v) is 27.7. The number of hydrogen-bond acceptors (Lipinski definition) is 0. The van der Waals surface area contributed by atoms with Crippen molar-refractivity contribution in [3.8, 4) is 44.5 Å². The minimum atomic E-state index is 1.30. The molecule has 0 saturated carbocycles. The molecule has 0 amide bonds. The Labute approximate surface area is 473 Å². The molecule has 0 radical (unpaired) electrons. The largest absolute Gasteiger partial charge is 0.0620 e. The smallest absolute Gasteiger partial charge is 0.0123 e. The zero-order valence-electron chi connectivity index (χ0n) is 50.6. The van der Waals surface area contributed by atoms with Crippen molar-refractivity contribution in [2.75, 3.05) is 0 Å². The van der Waals surface area contributed by atoms with Gasteiger partial charge in [0.2, 0.25) is 0 Å². The van der Waals surface area contributed by atoms with Gasteiger partial charge in [-0.3, -0.25) is 0 Å². The minimum absolute atomic E-state index is 1.30. The number of rotatable bonds is 4. The maximum absolute atomic E-state index is 2.24. The summed E-state index contributed by atoms with van der Waals surface area (Å²) in [5.74, 6) is 0. The molecule has 0 heterocycles. The quantitative estimate of drug-likeness (QED) is 0.165. The van der Waals surface area contributed by atoms with Crippen LogP contribution < -0.4 is 0 Å².